The molecule has 21 heavy (non-hydrogen) atoms. The molecule has 7 heteroatoms. The van der Waals surface area contributed by atoms with E-state index in [1.165, 1.54) is 19.2 Å². The molecule has 2 aromatic heterocycles. The van der Waals surface area contributed by atoms with Gasteiger partial charge in [0, 0.05) is 5.56 Å². The van der Waals surface area contributed by atoms with E-state index in [4.69, 9.17) is 15.0 Å². The molecule has 0 aliphatic carbocycles. The van der Waals surface area contributed by atoms with Crippen molar-refractivity contribution in [3.63, 3.8) is 0 Å². The van der Waals surface area contributed by atoms with Crippen molar-refractivity contribution in [3.8, 4) is 28.7 Å². The Balaban J connectivity index is 1.94. The van der Waals surface area contributed by atoms with Crippen LogP contribution in [0.25, 0.3) is 23.0 Å². The molecule has 2 heterocycles. The zero-order chi connectivity index (χ0) is 14.8. The zero-order valence-electron chi connectivity index (χ0n) is 11.1. The maximum atomic E-state index is 12.8. The molecule has 2 N–H and O–H groups in total. The van der Waals surface area contributed by atoms with E-state index in [1.807, 2.05) is 0 Å². The summed E-state index contributed by atoms with van der Waals surface area (Å²) in [6.45, 7) is 0. The number of nitrogens with two attached hydrogens (primary N) is 1. The van der Waals surface area contributed by atoms with Gasteiger partial charge in [0.1, 0.15) is 17.3 Å². The predicted octanol–water partition coefficient (Wildman–Crippen LogP) is 2.53. The maximum Gasteiger partial charge on any atom is 0.258 e. The van der Waals surface area contributed by atoms with Gasteiger partial charge in [-0.15, -0.1) is 0 Å². The largest absolute Gasteiger partial charge is 0.495 e. The van der Waals surface area contributed by atoms with Gasteiger partial charge in [0.25, 0.3) is 5.89 Å². The summed E-state index contributed by atoms with van der Waals surface area (Å²) in [4.78, 5) is 8.11. The van der Waals surface area contributed by atoms with Crippen molar-refractivity contribution in [1.82, 2.24) is 15.1 Å². The van der Waals surface area contributed by atoms with E-state index in [0.717, 1.165) is 6.20 Å². The highest BCUT2D eigenvalue weighted by Gasteiger charge is 2.13. The van der Waals surface area contributed by atoms with Gasteiger partial charge in [0.05, 0.1) is 19.0 Å². The summed E-state index contributed by atoms with van der Waals surface area (Å²) in [6.07, 6.45) is 1.09. The summed E-state index contributed by atoms with van der Waals surface area (Å²) in [5.41, 5.74) is 7.39. The van der Waals surface area contributed by atoms with E-state index in [2.05, 4.69) is 15.1 Å². The molecule has 0 amide bonds. The van der Waals surface area contributed by atoms with E-state index in [-0.39, 0.29) is 5.82 Å². The van der Waals surface area contributed by atoms with Crippen LogP contribution in [0.1, 0.15) is 0 Å². The first-order valence-electron chi connectivity index (χ1n) is 6.07. The SMILES string of the molecule is COc1ccc(-c2nc(-c3ccc(F)cn3)no2)cc1N. The monoisotopic (exact) mass is 286 g/mol. The highest BCUT2D eigenvalue weighted by atomic mass is 19.1. The van der Waals surface area contributed by atoms with E-state index >= 15 is 0 Å². The first-order valence-corrected chi connectivity index (χ1v) is 6.07. The molecule has 0 atom stereocenters. The summed E-state index contributed by atoms with van der Waals surface area (Å²) >= 11 is 0. The quantitative estimate of drug-likeness (QED) is 0.744. The van der Waals surface area contributed by atoms with Crippen LogP contribution in [-0.2, 0) is 0 Å². The summed E-state index contributed by atoms with van der Waals surface area (Å²) in [5.74, 6) is 0.717. The number of ether oxygens (including phenoxy) is 1. The zero-order valence-corrected chi connectivity index (χ0v) is 11.1. The lowest BCUT2D eigenvalue weighted by Gasteiger charge is -2.04. The van der Waals surface area contributed by atoms with E-state index in [9.17, 15) is 4.39 Å². The van der Waals surface area contributed by atoms with Crippen molar-refractivity contribution in [2.45, 2.75) is 0 Å². The molecule has 1 aromatic carbocycles. The predicted molar refractivity (Wildman–Crippen MR) is 73.9 cm³/mol. The molecule has 3 rings (SSSR count). The van der Waals surface area contributed by atoms with Crippen LogP contribution in [0.3, 0.4) is 0 Å². The van der Waals surface area contributed by atoms with Crippen molar-refractivity contribution < 1.29 is 13.7 Å². The second-order valence-corrected chi connectivity index (χ2v) is 4.24. The number of rotatable bonds is 3. The molecule has 0 saturated carbocycles. The number of hydrogen-bond acceptors (Lipinski definition) is 6. The minimum absolute atomic E-state index is 0.277. The molecule has 3 aromatic rings. The van der Waals surface area contributed by atoms with Gasteiger partial charge >= 0.3 is 0 Å². The van der Waals surface area contributed by atoms with Crippen LogP contribution < -0.4 is 10.5 Å². The smallest absolute Gasteiger partial charge is 0.258 e. The molecule has 0 bridgehead atoms. The standard InChI is InChI=1S/C14H11FN4O2/c1-20-12-5-2-8(6-10(12)16)14-18-13(19-21-14)11-4-3-9(15)7-17-11/h2-7H,16H2,1H3. The molecule has 0 unspecified atom stereocenters. The third kappa shape index (κ3) is 2.53. The highest BCUT2D eigenvalue weighted by Crippen LogP contribution is 2.28. The molecular formula is C14H11FN4O2. The topological polar surface area (TPSA) is 87.1 Å². The van der Waals surface area contributed by atoms with Crippen molar-refractivity contribution in [3.05, 3.63) is 42.3 Å². The average Bonchev–Trinajstić information content (AvgIpc) is 2.98. The maximum absolute atomic E-state index is 12.8. The molecule has 0 saturated heterocycles. The second kappa shape index (κ2) is 5.20. The first kappa shape index (κ1) is 13.0. The summed E-state index contributed by atoms with van der Waals surface area (Å²) in [5, 5.41) is 3.82. The fraction of sp³-hybridized carbons (Fsp3) is 0.0714. The van der Waals surface area contributed by atoms with E-state index in [1.54, 1.807) is 18.2 Å². The van der Waals surface area contributed by atoms with Gasteiger partial charge in [-0.2, -0.15) is 4.98 Å². The fourth-order valence-electron chi connectivity index (χ4n) is 1.82. The van der Waals surface area contributed by atoms with Gasteiger partial charge in [-0.1, -0.05) is 5.16 Å². The Morgan fingerprint density at radius 2 is 2.10 bits per heavy atom. The van der Waals surface area contributed by atoms with Crippen molar-refractivity contribution in [1.29, 1.82) is 0 Å². The van der Waals surface area contributed by atoms with Crippen LogP contribution >= 0.6 is 0 Å². The van der Waals surface area contributed by atoms with Crippen LogP contribution in [0.2, 0.25) is 0 Å². The number of aromatic nitrogens is 3. The van der Waals surface area contributed by atoms with Crippen molar-refractivity contribution in [2.75, 3.05) is 12.8 Å². The lowest BCUT2D eigenvalue weighted by atomic mass is 10.2. The van der Waals surface area contributed by atoms with Gasteiger partial charge < -0.3 is 15.0 Å². The van der Waals surface area contributed by atoms with Crippen LogP contribution in [0.4, 0.5) is 10.1 Å². The number of nitrogens with zero attached hydrogens (tertiary/aromatic N) is 3. The number of methoxy groups -OCH3 is 1. The number of benzene rings is 1. The molecule has 0 spiro atoms. The lowest BCUT2D eigenvalue weighted by molar-refractivity contribution is 0.416. The minimum Gasteiger partial charge on any atom is -0.495 e. The molecule has 106 valence electrons. The van der Waals surface area contributed by atoms with Gasteiger partial charge in [-0.25, -0.2) is 9.37 Å². The second-order valence-electron chi connectivity index (χ2n) is 4.24. The molecule has 0 aliphatic rings. The molecule has 0 aliphatic heterocycles. The summed E-state index contributed by atoms with van der Waals surface area (Å²) < 4.78 is 23.1. The van der Waals surface area contributed by atoms with Crippen LogP contribution in [0, 0.1) is 5.82 Å². The van der Waals surface area contributed by atoms with E-state index in [0.29, 0.717) is 28.6 Å². The molecule has 6 nitrogen and oxygen atoms in total. The summed E-state index contributed by atoms with van der Waals surface area (Å²) in [7, 11) is 1.54. The number of halogens is 1. The Hall–Kier alpha value is -2.96. The average molecular weight is 286 g/mol. The number of pyridine rings is 1. The van der Waals surface area contributed by atoms with Gasteiger partial charge in [0.2, 0.25) is 5.82 Å². The Kier molecular flexibility index (Phi) is 3.23. The number of nitrogen functional groups attached to an aromatic ring is 1. The first-order chi connectivity index (χ1) is 10.2. The van der Waals surface area contributed by atoms with Crippen LogP contribution in [0.15, 0.2) is 41.1 Å². The Morgan fingerprint density at radius 3 is 2.76 bits per heavy atom. The Morgan fingerprint density at radius 1 is 1.24 bits per heavy atom. The molecular weight excluding hydrogens is 275 g/mol. The lowest BCUT2D eigenvalue weighted by Crippen LogP contribution is -1.92. The Labute approximate surface area is 119 Å². The van der Waals surface area contributed by atoms with E-state index < -0.39 is 5.82 Å². The summed E-state index contributed by atoms with van der Waals surface area (Å²) in [6, 6.07) is 7.90. The normalized spacial score (nSPS) is 10.6. The third-order valence-electron chi connectivity index (χ3n) is 2.86. The fourth-order valence-corrected chi connectivity index (χ4v) is 1.82. The van der Waals surface area contributed by atoms with Gasteiger partial charge in [-0.05, 0) is 30.3 Å². The Bertz CT molecular complexity index is 771. The third-order valence-corrected chi connectivity index (χ3v) is 2.86. The highest BCUT2D eigenvalue weighted by molar-refractivity contribution is 5.66. The van der Waals surface area contributed by atoms with Gasteiger partial charge in [-0.3, -0.25) is 0 Å². The molecule has 0 fully saturated rings. The van der Waals surface area contributed by atoms with Crippen molar-refractivity contribution in [2.24, 2.45) is 0 Å². The van der Waals surface area contributed by atoms with Crippen LogP contribution in [-0.4, -0.2) is 22.2 Å². The molecule has 0 radical (unpaired) electrons. The number of anilines is 1. The van der Waals surface area contributed by atoms with Crippen LogP contribution in [0.5, 0.6) is 5.75 Å². The van der Waals surface area contributed by atoms with Gasteiger partial charge in [0.15, 0.2) is 0 Å². The minimum atomic E-state index is -0.426. The van der Waals surface area contributed by atoms with Crippen molar-refractivity contribution >= 4 is 5.69 Å². The number of hydrogen-bond donors (Lipinski definition) is 1.